The van der Waals surface area contributed by atoms with E-state index in [9.17, 15) is 0 Å². The van der Waals surface area contributed by atoms with Gasteiger partial charge in [0.1, 0.15) is 0 Å². The van der Waals surface area contributed by atoms with Gasteiger partial charge in [0, 0.05) is 12.1 Å². The van der Waals surface area contributed by atoms with Gasteiger partial charge in [-0.05, 0) is 26.9 Å². The normalized spacial score (nSPS) is 33.3. The molecule has 1 rings (SSSR count). The predicted octanol–water partition coefficient (Wildman–Crippen LogP) is 0.460. The molecule has 2 N–H and O–H groups in total. The molecule has 1 saturated carbocycles. The van der Waals surface area contributed by atoms with Crippen LogP contribution >= 0.6 is 12.4 Å². The van der Waals surface area contributed by atoms with Gasteiger partial charge in [-0.25, -0.2) is 0 Å². The van der Waals surface area contributed by atoms with E-state index in [-0.39, 0.29) is 12.4 Å². The molecule has 56 valence electrons. The highest BCUT2D eigenvalue weighted by Gasteiger charge is 2.26. The summed E-state index contributed by atoms with van der Waals surface area (Å²) in [6.07, 6.45) is 2.38. The Morgan fingerprint density at radius 1 is 1.33 bits per heavy atom. The number of hydrogen-bond donors (Lipinski definition) is 1. The molecule has 0 unspecified atom stereocenters. The van der Waals surface area contributed by atoms with Gasteiger partial charge < -0.3 is 10.6 Å². The van der Waals surface area contributed by atoms with Crippen LogP contribution in [0.25, 0.3) is 0 Å². The van der Waals surface area contributed by atoms with Crippen LogP contribution in [0, 0.1) is 0 Å². The van der Waals surface area contributed by atoms with Crippen LogP contribution in [0.5, 0.6) is 0 Å². The van der Waals surface area contributed by atoms with Crippen LogP contribution in [0.15, 0.2) is 0 Å². The summed E-state index contributed by atoms with van der Waals surface area (Å²) >= 11 is 0. The van der Waals surface area contributed by atoms with Crippen molar-refractivity contribution >= 4 is 12.4 Å². The molecule has 0 atom stereocenters. The van der Waals surface area contributed by atoms with Crippen molar-refractivity contribution in [1.29, 1.82) is 0 Å². The lowest BCUT2D eigenvalue weighted by Crippen LogP contribution is -2.47. The molecular formula is C6H15ClN2. The van der Waals surface area contributed by atoms with Crippen LogP contribution in [0.4, 0.5) is 0 Å². The summed E-state index contributed by atoms with van der Waals surface area (Å²) in [5, 5.41) is 0. The standard InChI is InChI=1S/C6H14N2.ClH/c1-8(2)6-3-5(7)4-6;/h5-6H,3-4,7H2,1-2H3;1H. The number of rotatable bonds is 1. The Morgan fingerprint density at radius 3 is 1.89 bits per heavy atom. The third-order valence-electron chi connectivity index (χ3n) is 1.88. The fraction of sp³-hybridized carbons (Fsp3) is 1.00. The number of nitrogens with two attached hydrogens (primary N) is 1. The molecule has 0 aliphatic heterocycles. The average molecular weight is 151 g/mol. The molecule has 0 saturated heterocycles. The fourth-order valence-electron chi connectivity index (χ4n) is 1.05. The van der Waals surface area contributed by atoms with Gasteiger partial charge >= 0.3 is 0 Å². The number of hydrogen-bond acceptors (Lipinski definition) is 2. The van der Waals surface area contributed by atoms with Crippen molar-refractivity contribution in [3.63, 3.8) is 0 Å². The summed E-state index contributed by atoms with van der Waals surface area (Å²) in [4.78, 5) is 2.24. The minimum Gasteiger partial charge on any atom is -0.328 e. The zero-order valence-corrected chi connectivity index (χ0v) is 6.82. The molecule has 0 aromatic heterocycles. The summed E-state index contributed by atoms with van der Waals surface area (Å²) < 4.78 is 0. The van der Waals surface area contributed by atoms with Gasteiger partial charge in [-0.2, -0.15) is 0 Å². The third kappa shape index (κ3) is 2.12. The second-order valence-corrected chi connectivity index (χ2v) is 2.85. The van der Waals surface area contributed by atoms with Crippen molar-refractivity contribution in [2.75, 3.05) is 14.1 Å². The van der Waals surface area contributed by atoms with Crippen molar-refractivity contribution in [2.24, 2.45) is 5.73 Å². The average Bonchev–Trinajstić information content (AvgIpc) is 1.57. The molecule has 9 heavy (non-hydrogen) atoms. The van der Waals surface area contributed by atoms with Gasteiger partial charge in [0.05, 0.1) is 0 Å². The van der Waals surface area contributed by atoms with Crippen LogP contribution in [-0.2, 0) is 0 Å². The fourth-order valence-corrected chi connectivity index (χ4v) is 1.05. The van der Waals surface area contributed by atoms with E-state index in [4.69, 9.17) is 5.73 Å². The molecule has 1 aliphatic carbocycles. The largest absolute Gasteiger partial charge is 0.328 e. The topological polar surface area (TPSA) is 29.3 Å². The maximum Gasteiger partial charge on any atom is 0.0119 e. The molecule has 0 amide bonds. The maximum atomic E-state index is 5.58. The first kappa shape index (κ1) is 9.21. The minimum atomic E-state index is 0. The number of nitrogens with zero attached hydrogens (tertiary/aromatic N) is 1. The van der Waals surface area contributed by atoms with E-state index >= 15 is 0 Å². The summed E-state index contributed by atoms with van der Waals surface area (Å²) in [5.41, 5.74) is 5.58. The molecule has 1 aliphatic rings. The van der Waals surface area contributed by atoms with E-state index in [1.54, 1.807) is 0 Å². The Kier molecular flexibility index (Phi) is 3.48. The van der Waals surface area contributed by atoms with E-state index in [1.807, 2.05) is 0 Å². The molecule has 0 heterocycles. The molecule has 0 aromatic rings. The summed E-state index contributed by atoms with van der Waals surface area (Å²) in [5.74, 6) is 0. The van der Waals surface area contributed by atoms with Crippen molar-refractivity contribution in [3.05, 3.63) is 0 Å². The first-order chi connectivity index (χ1) is 3.70. The lowest BCUT2D eigenvalue weighted by Gasteiger charge is -2.37. The second kappa shape index (κ2) is 3.40. The predicted molar refractivity (Wildman–Crippen MR) is 41.9 cm³/mol. The SMILES string of the molecule is CN(C)C1CC(N)C1.Cl. The quantitative estimate of drug-likeness (QED) is 0.589. The van der Waals surface area contributed by atoms with Gasteiger partial charge in [-0.1, -0.05) is 0 Å². The highest BCUT2D eigenvalue weighted by Crippen LogP contribution is 2.20. The highest BCUT2D eigenvalue weighted by atomic mass is 35.5. The summed E-state index contributed by atoms with van der Waals surface area (Å²) in [6.45, 7) is 0. The monoisotopic (exact) mass is 150 g/mol. The summed E-state index contributed by atoms with van der Waals surface area (Å²) in [6, 6.07) is 1.26. The zero-order valence-electron chi connectivity index (χ0n) is 6.00. The van der Waals surface area contributed by atoms with Crippen LogP contribution in [0.2, 0.25) is 0 Å². The van der Waals surface area contributed by atoms with Crippen molar-refractivity contribution in [1.82, 2.24) is 4.90 Å². The van der Waals surface area contributed by atoms with Crippen LogP contribution in [-0.4, -0.2) is 31.1 Å². The Labute approximate surface area is 62.8 Å². The zero-order chi connectivity index (χ0) is 6.15. The Bertz CT molecular complexity index is 79.1. The van der Waals surface area contributed by atoms with Crippen LogP contribution in [0.3, 0.4) is 0 Å². The molecule has 1 fully saturated rings. The van der Waals surface area contributed by atoms with E-state index in [0.717, 1.165) is 6.04 Å². The van der Waals surface area contributed by atoms with Gasteiger partial charge in [0.25, 0.3) is 0 Å². The van der Waals surface area contributed by atoms with Gasteiger partial charge in [-0.3, -0.25) is 0 Å². The van der Waals surface area contributed by atoms with E-state index in [2.05, 4.69) is 19.0 Å². The van der Waals surface area contributed by atoms with Gasteiger partial charge in [-0.15, -0.1) is 12.4 Å². The van der Waals surface area contributed by atoms with Crippen molar-refractivity contribution < 1.29 is 0 Å². The Morgan fingerprint density at radius 2 is 1.78 bits per heavy atom. The molecule has 0 aromatic carbocycles. The van der Waals surface area contributed by atoms with Crippen LogP contribution in [0.1, 0.15) is 12.8 Å². The first-order valence-electron chi connectivity index (χ1n) is 3.12. The maximum absolute atomic E-state index is 5.58. The molecule has 3 heteroatoms. The molecule has 0 radical (unpaired) electrons. The van der Waals surface area contributed by atoms with Crippen molar-refractivity contribution in [2.45, 2.75) is 24.9 Å². The van der Waals surface area contributed by atoms with Crippen LogP contribution < -0.4 is 5.73 Å². The number of halogens is 1. The van der Waals surface area contributed by atoms with Gasteiger partial charge in [0.2, 0.25) is 0 Å². The molecule has 0 spiro atoms. The Balaban J connectivity index is 0.000000640. The molecular weight excluding hydrogens is 136 g/mol. The van der Waals surface area contributed by atoms with E-state index in [1.165, 1.54) is 12.8 Å². The minimum absolute atomic E-state index is 0. The highest BCUT2D eigenvalue weighted by molar-refractivity contribution is 5.85. The Hall–Kier alpha value is 0.210. The first-order valence-corrected chi connectivity index (χ1v) is 3.12. The smallest absolute Gasteiger partial charge is 0.0119 e. The summed E-state index contributed by atoms with van der Waals surface area (Å²) in [7, 11) is 4.22. The van der Waals surface area contributed by atoms with Crippen molar-refractivity contribution in [3.8, 4) is 0 Å². The molecule has 2 nitrogen and oxygen atoms in total. The molecule has 0 bridgehead atoms. The van der Waals surface area contributed by atoms with Gasteiger partial charge in [0.15, 0.2) is 0 Å². The third-order valence-corrected chi connectivity index (χ3v) is 1.88. The van der Waals surface area contributed by atoms with E-state index < -0.39 is 0 Å². The lowest BCUT2D eigenvalue weighted by atomic mass is 9.87. The lowest BCUT2D eigenvalue weighted by molar-refractivity contribution is 0.168. The second-order valence-electron chi connectivity index (χ2n) is 2.85. The van der Waals surface area contributed by atoms with E-state index in [0.29, 0.717) is 6.04 Å².